The molecule has 132 valence electrons. The predicted molar refractivity (Wildman–Crippen MR) is 104 cm³/mol. The van der Waals surface area contributed by atoms with Crippen LogP contribution in [0.5, 0.6) is 17.2 Å². The quantitative estimate of drug-likeness (QED) is 0.366. The Labute approximate surface area is 153 Å². The van der Waals surface area contributed by atoms with Crippen LogP contribution in [0.3, 0.4) is 0 Å². The minimum Gasteiger partial charge on any atom is -0.493 e. The number of methoxy groups -OCH3 is 1. The lowest BCUT2D eigenvalue weighted by Crippen LogP contribution is -2.08. The van der Waals surface area contributed by atoms with Crippen molar-refractivity contribution in [1.29, 1.82) is 0 Å². The number of ether oxygens (including phenoxy) is 3. The number of unbranched alkanes of at least 4 members (excludes halogenated alkanes) is 3. The van der Waals surface area contributed by atoms with Gasteiger partial charge in [-0.15, -0.1) is 0 Å². The van der Waals surface area contributed by atoms with Gasteiger partial charge in [-0.2, -0.15) is 0 Å². The predicted octanol–water partition coefficient (Wildman–Crippen LogP) is 5.97. The number of benzene rings is 2. The maximum Gasteiger partial charge on any atom is 0.169 e. The minimum absolute atomic E-state index is 0.0866. The first kappa shape index (κ1) is 18.9. The molecule has 0 aromatic heterocycles. The van der Waals surface area contributed by atoms with Crippen molar-refractivity contribution in [1.82, 2.24) is 0 Å². The molecule has 0 atom stereocenters. The molecule has 3 nitrogen and oxygen atoms in total. The summed E-state index contributed by atoms with van der Waals surface area (Å²) in [6, 6.07) is 10.1. The zero-order valence-electron chi connectivity index (χ0n) is 14.8. The number of rotatable bonds is 10. The lowest BCUT2D eigenvalue weighted by molar-refractivity contribution is 0.232. The van der Waals surface area contributed by atoms with Gasteiger partial charge in [0.25, 0.3) is 0 Å². The van der Waals surface area contributed by atoms with Crippen molar-refractivity contribution in [2.45, 2.75) is 45.6 Å². The summed E-state index contributed by atoms with van der Waals surface area (Å²) < 4.78 is 17.6. The summed E-state index contributed by atoms with van der Waals surface area (Å²) in [7, 11) is 1.67. The molecule has 0 amide bonds. The van der Waals surface area contributed by atoms with Crippen LogP contribution < -0.4 is 14.2 Å². The standard InChI is InChI=1S/C20H27BrO3/c1-15(2)24-20-17-11-7-6-10-16(17)18(14-19(20)22-3)23-13-9-5-4-8-12-21/h6-7,10-11,14-15H,4-5,8-9,12-13H2,1-3H3. The molecule has 2 aromatic carbocycles. The van der Waals surface area contributed by atoms with Crippen LogP contribution in [-0.4, -0.2) is 25.2 Å². The Bertz CT molecular complexity index is 640. The minimum atomic E-state index is 0.0866. The second-order valence-electron chi connectivity index (χ2n) is 6.07. The molecule has 4 heteroatoms. The second-order valence-corrected chi connectivity index (χ2v) is 6.86. The maximum atomic E-state index is 6.05. The summed E-state index contributed by atoms with van der Waals surface area (Å²) in [5.41, 5.74) is 0. The molecular weight excluding hydrogens is 368 g/mol. The molecule has 0 saturated carbocycles. The van der Waals surface area contributed by atoms with Gasteiger partial charge in [0.1, 0.15) is 5.75 Å². The van der Waals surface area contributed by atoms with Crippen molar-refractivity contribution in [3.8, 4) is 17.2 Å². The molecule has 0 aliphatic carbocycles. The van der Waals surface area contributed by atoms with E-state index < -0.39 is 0 Å². The van der Waals surface area contributed by atoms with Crippen LogP contribution >= 0.6 is 15.9 Å². The van der Waals surface area contributed by atoms with Crippen molar-refractivity contribution in [2.24, 2.45) is 0 Å². The van der Waals surface area contributed by atoms with Crippen molar-refractivity contribution >= 4 is 26.7 Å². The average molecular weight is 395 g/mol. The third-order valence-corrected chi connectivity index (χ3v) is 4.34. The number of hydrogen-bond donors (Lipinski definition) is 0. The Morgan fingerprint density at radius 3 is 2.33 bits per heavy atom. The molecule has 2 rings (SSSR count). The summed E-state index contributed by atoms with van der Waals surface area (Å²) in [6.45, 7) is 4.76. The summed E-state index contributed by atoms with van der Waals surface area (Å²) in [6.07, 6.45) is 4.80. The number of alkyl halides is 1. The van der Waals surface area contributed by atoms with E-state index in [4.69, 9.17) is 14.2 Å². The molecule has 0 radical (unpaired) electrons. The smallest absolute Gasteiger partial charge is 0.169 e. The topological polar surface area (TPSA) is 27.7 Å². The highest BCUT2D eigenvalue weighted by atomic mass is 79.9. The largest absolute Gasteiger partial charge is 0.493 e. The highest BCUT2D eigenvalue weighted by molar-refractivity contribution is 9.09. The lowest BCUT2D eigenvalue weighted by atomic mass is 10.1. The number of hydrogen-bond acceptors (Lipinski definition) is 3. The number of fused-ring (bicyclic) bond motifs is 1. The summed E-state index contributed by atoms with van der Waals surface area (Å²) in [4.78, 5) is 0. The van der Waals surface area contributed by atoms with Crippen LogP contribution in [0.25, 0.3) is 10.8 Å². The average Bonchev–Trinajstić information content (AvgIpc) is 2.59. The van der Waals surface area contributed by atoms with Gasteiger partial charge in [0.15, 0.2) is 11.5 Å². The number of halogens is 1. The monoisotopic (exact) mass is 394 g/mol. The van der Waals surface area contributed by atoms with E-state index in [9.17, 15) is 0 Å². The maximum absolute atomic E-state index is 6.05. The third kappa shape index (κ3) is 5.04. The van der Waals surface area contributed by atoms with Crippen LogP contribution in [0.4, 0.5) is 0 Å². The van der Waals surface area contributed by atoms with Crippen LogP contribution in [0, 0.1) is 0 Å². The van der Waals surface area contributed by atoms with Crippen LogP contribution in [0.15, 0.2) is 30.3 Å². The molecule has 0 heterocycles. The van der Waals surface area contributed by atoms with Gasteiger partial charge in [0.05, 0.1) is 19.8 Å². The summed E-state index contributed by atoms with van der Waals surface area (Å²) in [5.74, 6) is 2.36. The molecule has 0 bridgehead atoms. The first-order chi connectivity index (χ1) is 11.7. The van der Waals surface area contributed by atoms with E-state index in [1.165, 1.54) is 19.3 Å². The Balaban J connectivity index is 2.21. The van der Waals surface area contributed by atoms with Crippen LogP contribution in [0.2, 0.25) is 0 Å². The molecule has 24 heavy (non-hydrogen) atoms. The summed E-state index contributed by atoms with van der Waals surface area (Å²) >= 11 is 3.46. The first-order valence-electron chi connectivity index (χ1n) is 8.62. The highest BCUT2D eigenvalue weighted by Crippen LogP contribution is 2.42. The van der Waals surface area contributed by atoms with E-state index >= 15 is 0 Å². The van der Waals surface area contributed by atoms with E-state index in [0.29, 0.717) is 0 Å². The highest BCUT2D eigenvalue weighted by Gasteiger charge is 2.15. The molecule has 2 aromatic rings. The fourth-order valence-electron chi connectivity index (χ4n) is 2.65. The first-order valence-corrected chi connectivity index (χ1v) is 9.74. The third-order valence-electron chi connectivity index (χ3n) is 3.78. The van der Waals surface area contributed by atoms with E-state index in [2.05, 4.69) is 28.1 Å². The van der Waals surface area contributed by atoms with Gasteiger partial charge in [-0.05, 0) is 26.7 Å². The zero-order valence-corrected chi connectivity index (χ0v) is 16.4. The van der Waals surface area contributed by atoms with E-state index in [-0.39, 0.29) is 6.10 Å². The van der Waals surface area contributed by atoms with E-state index in [0.717, 1.165) is 46.4 Å². The van der Waals surface area contributed by atoms with Gasteiger partial charge in [0, 0.05) is 22.2 Å². The van der Waals surface area contributed by atoms with E-state index in [1.54, 1.807) is 7.11 Å². The van der Waals surface area contributed by atoms with E-state index in [1.807, 2.05) is 32.0 Å². The molecule has 0 aliphatic heterocycles. The Kier molecular flexibility index (Phi) is 7.70. The summed E-state index contributed by atoms with van der Waals surface area (Å²) in [5, 5.41) is 3.17. The van der Waals surface area contributed by atoms with Crippen molar-refractivity contribution in [3.63, 3.8) is 0 Å². The Morgan fingerprint density at radius 2 is 1.67 bits per heavy atom. The normalized spacial score (nSPS) is 11.0. The van der Waals surface area contributed by atoms with Gasteiger partial charge < -0.3 is 14.2 Å². The fourth-order valence-corrected chi connectivity index (χ4v) is 3.05. The van der Waals surface area contributed by atoms with Crippen molar-refractivity contribution in [2.75, 3.05) is 19.0 Å². The van der Waals surface area contributed by atoms with Crippen molar-refractivity contribution in [3.05, 3.63) is 30.3 Å². The van der Waals surface area contributed by atoms with Gasteiger partial charge in [-0.25, -0.2) is 0 Å². The molecule has 0 N–H and O–H groups in total. The Hall–Kier alpha value is -1.42. The van der Waals surface area contributed by atoms with Gasteiger partial charge in [-0.1, -0.05) is 53.0 Å². The van der Waals surface area contributed by atoms with Crippen LogP contribution in [0.1, 0.15) is 39.5 Å². The zero-order chi connectivity index (χ0) is 17.4. The molecular formula is C20H27BrO3. The molecule has 0 spiro atoms. The fraction of sp³-hybridized carbons (Fsp3) is 0.500. The lowest BCUT2D eigenvalue weighted by Gasteiger charge is -2.18. The molecule has 0 fully saturated rings. The van der Waals surface area contributed by atoms with Gasteiger partial charge >= 0.3 is 0 Å². The van der Waals surface area contributed by atoms with Crippen LogP contribution in [-0.2, 0) is 0 Å². The van der Waals surface area contributed by atoms with Gasteiger partial charge in [0.2, 0.25) is 0 Å². The second kappa shape index (κ2) is 9.77. The Morgan fingerprint density at radius 1 is 0.958 bits per heavy atom. The van der Waals surface area contributed by atoms with Crippen molar-refractivity contribution < 1.29 is 14.2 Å². The van der Waals surface area contributed by atoms with Gasteiger partial charge in [-0.3, -0.25) is 0 Å². The molecule has 0 unspecified atom stereocenters. The molecule has 0 aliphatic rings. The SMILES string of the molecule is COc1cc(OCCCCCCBr)c2ccccc2c1OC(C)C. The molecule has 0 saturated heterocycles.